The third-order valence-electron chi connectivity index (χ3n) is 2.21. The molecule has 7 nitrogen and oxygen atoms in total. The van der Waals surface area contributed by atoms with E-state index in [9.17, 15) is 4.79 Å². The van der Waals surface area contributed by atoms with Crippen LogP contribution in [0.5, 0.6) is 0 Å². The van der Waals surface area contributed by atoms with Crippen LogP contribution in [0, 0.1) is 0 Å². The Bertz CT molecular complexity index is 339. The Morgan fingerprint density at radius 1 is 1.53 bits per heavy atom. The van der Waals surface area contributed by atoms with Gasteiger partial charge in [0.1, 0.15) is 0 Å². The van der Waals surface area contributed by atoms with Crippen LogP contribution >= 0.6 is 0 Å². The highest BCUT2D eigenvalue weighted by Crippen LogP contribution is 1.94. The quantitative estimate of drug-likeness (QED) is 0.482. The molecule has 0 saturated heterocycles. The summed E-state index contributed by atoms with van der Waals surface area (Å²) in [6, 6.07) is 0. The molecule has 0 spiro atoms. The Balaban J connectivity index is 2.14. The lowest BCUT2D eigenvalue weighted by atomic mass is 10.3. The van der Waals surface area contributed by atoms with Crippen molar-refractivity contribution >= 4 is 5.91 Å². The molecule has 0 atom stereocenters. The summed E-state index contributed by atoms with van der Waals surface area (Å²) in [6.07, 6.45) is 3.65. The van der Waals surface area contributed by atoms with Gasteiger partial charge in [0.25, 0.3) is 0 Å². The molecule has 0 bridgehead atoms. The van der Waals surface area contributed by atoms with Gasteiger partial charge in [0, 0.05) is 32.3 Å². The average Bonchev–Trinajstić information content (AvgIpc) is 2.73. The summed E-state index contributed by atoms with van der Waals surface area (Å²) in [5.41, 5.74) is 5.87. The number of nitrogens with two attached hydrogens (primary N) is 1. The first-order valence-electron chi connectivity index (χ1n) is 5.71. The number of hydrogen-bond donors (Lipinski definition) is 3. The van der Waals surface area contributed by atoms with Crippen LogP contribution in [0.3, 0.4) is 0 Å². The first-order valence-corrected chi connectivity index (χ1v) is 5.71. The van der Waals surface area contributed by atoms with E-state index in [4.69, 9.17) is 10.8 Å². The van der Waals surface area contributed by atoms with Gasteiger partial charge in [-0.1, -0.05) is 5.21 Å². The van der Waals surface area contributed by atoms with Crippen molar-refractivity contribution in [2.24, 2.45) is 5.73 Å². The van der Waals surface area contributed by atoms with E-state index in [0.29, 0.717) is 25.9 Å². The highest BCUT2D eigenvalue weighted by Gasteiger charge is 2.00. The number of nitrogens with one attached hydrogen (secondary N) is 1. The zero-order valence-electron chi connectivity index (χ0n) is 9.80. The minimum Gasteiger partial charge on any atom is -0.396 e. The summed E-state index contributed by atoms with van der Waals surface area (Å²) >= 11 is 0. The van der Waals surface area contributed by atoms with Gasteiger partial charge >= 0.3 is 0 Å². The third kappa shape index (κ3) is 5.98. The van der Waals surface area contributed by atoms with Gasteiger partial charge in [-0.2, -0.15) is 0 Å². The molecule has 4 N–H and O–H groups in total. The monoisotopic (exact) mass is 241 g/mol. The van der Waals surface area contributed by atoms with Gasteiger partial charge < -0.3 is 16.2 Å². The first kappa shape index (κ1) is 13.6. The van der Waals surface area contributed by atoms with E-state index in [1.165, 1.54) is 0 Å². The van der Waals surface area contributed by atoms with Gasteiger partial charge in [0.15, 0.2) is 0 Å². The minimum absolute atomic E-state index is 0.153. The summed E-state index contributed by atoms with van der Waals surface area (Å²) in [7, 11) is 0. The summed E-state index contributed by atoms with van der Waals surface area (Å²) in [4.78, 5) is 10.5. The number of hydrogen-bond acceptors (Lipinski definition) is 5. The van der Waals surface area contributed by atoms with E-state index >= 15 is 0 Å². The number of aryl methyl sites for hydroxylation is 1. The molecule has 0 aliphatic heterocycles. The van der Waals surface area contributed by atoms with E-state index in [0.717, 1.165) is 18.7 Å². The Labute approximate surface area is 100.0 Å². The van der Waals surface area contributed by atoms with Crippen LogP contribution in [0.4, 0.5) is 0 Å². The van der Waals surface area contributed by atoms with Crippen molar-refractivity contribution in [1.29, 1.82) is 0 Å². The van der Waals surface area contributed by atoms with E-state index in [2.05, 4.69) is 15.6 Å². The zero-order valence-corrected chi connectivity index (χ0v) is 9.80. The summed E-state index contributed by atoms with van der Waals surface area (Å²) in [6.45, 7) is 2.18. The molecule has 0 aromatic carbocycles. The fraction of sp³-hybridized carbons (Fsp3) is 0.700. The normalized spacial score (nSPS) is 10.6. The second-order valence-corrected chi connectivity index (χ2v) is 3.80. The average molecular weight is 241 g/mol. The van der Waals surface area contributed by atoms with Crippen LogP contribution in [0.25, 0.3) is 0 Å². The van der Waals surface area contributed by atoms with Gasteiger partial charge in [-0.25, -0.2) is 0 Å². The zero-order chi connectivity index (χ0) is 12.5. The second kappa shape index (κ2) is 7.75. The Kier molecular flexibility index (Phi) is 6.19. The summed E-state index contributed by atoms with van der Waals surface area (Å²) in [5.74, 6) is -0.276. The molecule has 96 valence electrons. The number of carbonyl (C=O) groups is 1. The fourth-order valence-corrected chi connectivity index (χ4v) is 1.37. The van der Waals surface area contributed by atoms with Crippen LogP contribution < -0.4 is 11.1 Å². The molecule has 0 unspecified atom stereocenters. The predicted molar refractivity (Wildman–Crippen MR) is 61.9 cm³/mol. The largest absolute Gasteiger partial charge is 0.396 e. The fourth-order valence-electron chi connectivity index (χ4n) is 1.37. The molecule has 0 radical (unpaired) electrons. The molecule has 1 heterocycles. The molecule has 7 heteroatoms. The molecule has 1 rings (SSSR count). The van der Waals surface area contributed by atoms with Crippen LogP contribution in [-0.2, 0) is 17.9 Å². The molecule has 1 aromatic heterocycles. The maximum Gasteiger partial charge on any atom is 0.217 e. The number of amides is 1. The molecule has 17 heavy (non-hydrogen) atoms. The molecule has 1 amide bonds. The van der Waals surface area contributed by atoms with Crippen molar-refractivity contribution in [3.63, 3.8) is 0 Å². The lowest BCUT2D eigenvalue weighted by molar-refractivity contribution is -0.118. The second-order valence-electron chi connectivity index (χ2n) is 3.80. The maximum atomic E-state index is 10.5. The smallest absolute Gasteiger partial charge is 0.217 e. The van der Waals surface area contributed by atoms with Gasteiger partial charge in [0.2, 0.25) is 5.91 Å². The van der Waals surface area contributed by atoms with Crippen molar-refractivity contribution in [2.75, 3.05) is 13.2 Å². The van der Waals surface area contributed by atoms with Crippen LogP contribution in [0.1, 0.15) is 25.0 Å². The predicted octanol–water partition coefficient (Wildman–Crippen LogP) is -0.984. The molecule has 0 fully saturated rings. The maximum absolute atomic E-state index is 10.5. The molecular formula is C10H19N5O2. The van der Waals surface area contributed by atoms with Gasteiger partial charge in [0.05, 0.1) is 5.69 Å². The Morgan fingerprint density at radius 2 is 2.35 bits per heavy atom. The first-order chi connectivity index (χ1) is 8.22. The SMILES string of the molecule is NC(=O)CCCNCc1cn(CCCO)nn1. The van der Waals surface area contributed by atoms with Crippen molar-refractivity contribution in [2.45, 2.75) is 32.4 Å². The number of carbonyl (C=O) groups excluding carboxylic acids is 1. The Morgan fingerprint density at radius 3 is 3.06 bits per heavy atom. The number of aromatic nitrogens is 3. The van der Waals surface area contributed by atoms with Crippen LogP contribution in [-0.4, -0.2) is 39.2 Å². The van der Waals surface area contributed by atoms with Crippen molar-refractivity contribution in [3.8, 4) is 0 Å². The third-order valence-corrected chi connectivity index (χ3v) is 2.21. The van der Waals surface area contributed by atoms with Crippen LogP contribution in [0.2, 0.25) is 0 Å². The molecular weight excluding hydrogens is 222 g/mol. The Hall–Kier alpha value is -1.47. The summed E-state index contributed by atoms with van der Waals surface area (Å²) in [5, 5.41) is 19.7. The number of aliphatic hydroxyl groups excluding tert-OH is 1. The van der Waals surface area contributed by atoms with Gasteiger partial charge in [-0.05, 0) is 19.4 Å². The molecule has 0 aliphatic carbocycles. The van der Waals surface area contributed by atoms with E-state index < -0.39 is 0 Å². The van der Waals surface area contributed by atoms with Crippen molar-refractivity contribution in [3.05, 3.63) is 11.9 Å². The van der Waals surface area contributed by atoms with Gasteiger partial charge in [-0.15, -0.1) is 5.10 Å². The number of primary amides is 1. The lowest BCUT2D eigenvalue weighted by Crippen LogP contribution is -2.18. The summed E-state index contributed by atoms with van der Waals surface area (Å²) < 4.78 is 1.71. The van der Waals surface area contributed by atoms with E-state index in [1.54, 1.807) is 4.68 Å². The van der Waals surface area contributed by atoms with E-state index in [-0.39, 0.29) is 12.5 Å². The van der Waals surface area contributed by atoms with Crippen LogP contribution in [0.15, 0.2) is 6.20 Å². The standard InChI is InChI=1S/C10H19N5O2/c11-10(17)3-1-4-12-7-9-8-15(14-13-9)5-2-6-16/h8,12,16H,1-7H2,(H2,11,17). The van der Waals surface area contributed by atoms with Crippen molar-refractivity contribution in [1.82, 2.24) is 20.3 Å². The van der Waals surface area contributed by atoms with Gasteiger partial charge in [-0.3, -0.25) is 9.48 Å². The number of aliphatic hydroxyl groups is 1. The minimum atomic E-state index is -0.276. The lowest BCUT2D eigenvalue weighted by Gasteiger charge is -2.00. The number of rotatable bonds is 9. The highest BCUT2D eigenvalue weighted by molar-refractivity contribution is 5.73. The topological polar surface area (TPSA) is 106 Å². The number of nitrogens with zero attached hydrogens (tertiary/aromatic N) is 3. The van der Waals surface area contributed by atoms with Crippen molar-refractivity contribution < 1.29 is 9.90 Å². The molecule has 0 saturated carbocycles. The molecule has 1 aromatic rings. The molecule has 0 aliphatic rings. The highest BCUT2D eigenvalue weighted by atomic mass is 16.3. The van der Waals surface area contributed by atoms with E-state index in [1.807, 2.05) is 6.20 Å².